The molecule has 0 bridgehead atoms. The van der Waals surface area contributed by atoms with Gasteiger partial charge in [0.25, 0.3) is 0 Å². The normalized spacial score (nSPS) is 16.8. The molecule has 0 aliphatic heterocycles. The van der Waals surface area contributed by atoms with E-state index in [2.05, 4.69) is 5.32 Å². The van der Waals surface area contributed by atoms with Crippen molar-refractivity contribution in [3.63, 3.8) is 0 Å². The Kier molecular flexibility index (Phi) is 4.48. The molecule has 3 heteroatoms. The highest BCUT2D eigenvalue weighted by Crippen LogP contribution is 2.48. The van der Waals surface area contributed by atoms with Crippen molar-refractivity contribution < 1.29 is 9.90 Å². The molecule has 0 aromatic heterocycles. The maximum Gasteiger partial charge on any atom is 0.230 e. The van der Waals surface area contributed by atoms with E-state index in [0.29, 0.717) is 6.54 Å². The van der Waals surface area contributed by atoms with Crippen LogP contribution in [-0.4, -0.2) is 24.2 Å². The van der Waals surface area contributed by atoms with E-state index in [1.165, 1.54) is 0 Å². The van der Waals surface area contributed by atoms with Gasteiger partial charge in [-0.2, -0.15) is 0 Å². The number of rotatable bonds is 7. The molecule has 110 valence electrons. The van der Waals surface area contributed by atoms with E-state index >= 15 is 0 Å². The fourth-order valence-electron chi connectivity index (χ4n) is 2.55. The highest BCUT2D eigenvalue weighted by atomic mass is 16.3. The average molecular weight is 275 g/mol. The number of amides is 1. The van der Waals surface area contributed by atoms with Gasteiger partial charge in [0.1, 0.15) is 0 Å². The van der Waals surface area contributed by atoms with E-state index in [0.717, 1.165) is 31.2 Å². The molecule has 2 rings (SSSR count). The van der Waals surface area contributed by atoms with Crippen molar-refractivity contribution in [1.29, 1.82) is 0 Å². The summed E-state index contributed by atoms with van der Waals surface area (Å²) in [5.41, 5.74) is 0.808. The van der Waals surface area contributed by atoms with E-state index in [1.807, 2.05) is 44.2 Å². The minimum atomic E-state index is -0.270. The van der Waals surface area contributed by atoms with Crippen LogP contribution in [0.4, 0.5) is 0 Å². The first-order chi connectivity index (χ1) is 9.50. The highest BCUT2D eigenvalue weighted by molar-refractivity contribution is 5.91. The lowest BCUT2D eigenvalue weighted by atomic mass is 9.89. The van der Waals surface area contributed by atoms with Crippen molar-refractivity contribution >= 4 is 5.91 Å². The smallest absolute Gasteiger partial charge is 0.230 e. The summed E-state index contributed by atoms with van der Waals surface area (Å²) in [6.07, 6.45) is 3.72. The first-order valence-corrected chi connectivity index (χ1v) is 7.45. The Hall–Kier alpha value is -1.35. The number of carbonyl (C=O) groups excluding carboxylic acids is 1. The van der Waals surface area contributed by atoms with Crippen LogP contribution in [-0.2, 0) is 10.2 Å². The third-order valence-electron chi connectivity index (χ3n) is 4.25. The van der Waals surface area contributed by atoms with Crippen LogP contribution in [0.2, 0.25) is 0 Å². The standard InChI is InChI=1S/C17H25NO2/c1-16(2,13-19)9-6-12-18-15(20)17(10-11-17)14-7-4-3-5-8-14/h3-5,7-8,19H,6,9-13H2,1-2H3,(H,18,20). The van der Waals surface area contributed by atoms with Crippen molar-refractivity contribution in [2.75, 3.05) is 13.2 Å². The Morgan fingerprint density at radius 1 is 1.30 bits per heavy atom. The largest absolute Gasteiger partial charge is 0.396 e. The SMILES string of the molecule is CC(C)(CO)CCCNC(=O)C1(c2ccccc2)CC1. The lowest BCUT2D eigenvalue weighted by Crippen LogP contribution is -2.35. The predicted molar refractivity (Wildman–Crippen MR) is 80.5 cm³/mol. The molecule has 20 heavy (non-hydrogen) atoms. The molecule has 0 spiro atoms. The average Bonchev–Trinajstić information content (AvgIpc) is 3.26. The fraction of sp³-hybridized carbons (Fsp3) is 0.588. The van der Waals surface area contributed by atoms with Gasteiger partial charge in [-0.1, -0.05) is 44.2 Å². The van der Waals surface area contributed by atoms with E-state index in [-0.39, 0.29) is 23.3 Å². The summed E-state index contributed by atoms with van der Waals surface area (Å²) >= 11 is 0. The van der Waals surface area contributed by atoms with Crippen LogP contribution in [0.15, 0.2) is 30.3 Å². The van der Waals surface area contributed by atoms with Gasteiger partial charge in [0.2, 0.25) is 5.91 Å². The Bertz CT molecular complexity index is 449. The summed E-state index contributed by atoms with van der Waals surface area (Å²) in [6.45, 7) is 4.97. The van der Waals surface area contributed by atoms with Crippen LogP contribution in [0.25, 0.3) is 0 Å². The van der Waals surface area contributed by atoms with Gasteiger partial charge < -0.3 is 10.4 Å². The van der Waals surface area contributed by atoms with E-state index in [9.17, 15) is 9.90 Å². The van der Waals surface area contributed by atoms with Crippen LogP contribution in [0.5, 0.6) is 0 Å². The number of aliphatic hydroxyl groups is 1. The summed E-state index contributed by atoms with van der Waals surface area (Å²) in [5, 5.41) is 12.3. The van der Waals surface area contributed by atoms with Crippen LogP contribution in [0.1, 0.15) is 45.1 Å². The maximum absolute atomic E-state index is 12.4. The zero-order chi connectivity index (χ0) is 14.6. The Labute approximate surface area is 121 Å². The van der Waals surface area contributed by atoms with Crippen molar-refractivity contribution in [2.45, 2.75) is 44.9 Å². The first-order valence-electron chi connectivity index (χ1n) is 7.45. The summed E-state index contributed by atoms with van der Waals surface area (Å²) in [4.78, 5) is 12.4. The van der Waals surface area contributed by atoms with Gasteiger partial charge in [-0.3, -0.25) is 4.79 Å². The van der Waals surface area contributed by atoms with E-state index in [1.54, 1.807) is 0 Å². The molecule has 1 aromatic rings. The van der Waals surface area contributed by atoms with Gasteiger partial charge in [-0.05, 0) is 36.7 Å². The second-order valence-electron chi connectivity index (χ2n) is 6.63. The molecular weight excluding hydrogens is 250 g/mol. The summed E-state index contributed by atoms with van der Waals surface area (Å²) < 4.78 is 0. The monoisotopic (exact) mass is 275 g/mol. The lowest BCUT2D eigenvalue weighted by Gasteiger charge is -2.22. The molecule has 0 radical (unpaired) electrons. The van der Waals surface area contributed by atoms with E-state index in [4.69, 9.17) is 0 Å². The molecule has 1 aliphatic rings. The second-order valence-corrected chi connectivity index (χ2v) is 6.63. The van der Waals surface area contributed by atoms with Gasteiger partial charge in [0.15, 0.2) is 0 Å². The summed E-state index contributed by atoms with van der Waals surface area (Å²) in [6, 6.07) is 10.1. The molecular formula is C17H25NO2. The molecule has 1 aliphatic carbocycles. The number of carbonyl (C=O) groups is 1. The second kappa shape index (κ2) is 5.96. The zero-order valence-electron chi connectivity index (χ0n) is 12.5. The summed E-state index contributed by atoms with van der Waals surface area (Å²) in [5.74, 6) is 0.158. The van der Waals surface area contributed by atoms with Gasteiger partial charge in [-0.25, -0.2) is 0 Å². The van der Waals surface area contributed by atoms with E-state index < -0.39 is 0 Å². The third-order valence-corrected chi connectivity index (χ3v) is 4.25. The Morgan fingerprint density at radius 2 is 1.95 bits per heavy atom. The van der Waals surface area contributed by atoms with Crippen LogP contribution in [0, 0.1) is 5.41 Å². The van der Waals surface area contributed by atoms with Crippen LogP contribution in [0.3, 0.4) is 0 Å². The minimum Gasteiger partial charge on any atom is -0.396 e. The van der Waals surface area contributed by atoms with Crippen molar-refractivity contribution in [3.8, 4) is 0 Å². The number of hydrogen-bond acceptors (Lipinski definition) is 2. The first kappa shape index (κ1) is 15.0. The van der Waals surface area contributed by atoms with Gasteiger partial charge in [-0.15, -0.1) is 0 Å². The molecule has 0 unspecified atom stereocenters. The van der Waals surface area contributed by atoms with Gasteiger partial charge in [0, 0.05) is 13.2 Å². The minimum absolute atomic E-state index is 0.0541. The number of aliphatic hydroxyl groups excluding tert-OH is 1. The molecule has 1 fully saturated rings. The topological polar surface area (TPSA) is 49.3 Å². The molecule has 1 saturated carbocycles. The molecule has 1 amide bonds. The van der Waals surface area contributed by atoms with Crippen molar-refractivity contribution in [3.05, 3.63) is 35.9 Å². The predicted octanol–water partition coefficient (Wildman–Crippen LogP) is 2.63. The lowest BCUT2D eigenvalue weighted by molar-refractivity contribution is -0.123. The molecule has 1 aromatic carbocycles. The highest BCUT2D eigenvalue weighted by Gasteiger charge is 2.50. The van der Waals surface area contributed by atoms with Crippen molar-refractivity contribution in [1.82, 2.24) is 5.32 Å². The summed E-state index contributed by atoms with van der Waals surface area (Å²) in [7, 11) is 0. The van der Waals surface area contributed by atoms with Gasteiger partial charge in [0.05, 0.1) is 5.41 Å². The molecule has 0 heterocycles. The molecule has 2 N–H and O–H groups in total. The molecule has 0 saturated heterocycles. The zero-order valence-corrected chi connectivity index (χ0v) is 12.5. The maximum atomic E-state index is 12.4. The van der Waals surface area contributed by atoms with Crippen molar-refractivity contribution in [2.24, 2.45) is 5.41 Å². The van der Waals surface area contributed by atoms with Crippen LogP contribution >= 0.6 is 0 Å². The van der Waals surface area contributed by atoms with Gasteiger partial charge >= 0.3 is 0 Å². The Balaban J connectivity index is 1.81. The fourth-order valence-corrected chi connectivity index (χ4v) is 2.55. The Morgan fingerprint density at radius 3 is 2.50 bits per heavy atom. The number of hydrogen-bond donors (Lipinski definition) is 2. The number of nitrogens with one attached hydrogen (secondary N) is 1. The number of benzene rings is 1. The third kappa shape index (κ3) is 3.40. The molecule has 0 atom stereocenters. The quantitative estimate of drug-likeness (QED) is 0.752. The molecule has 3 nitrogen and oxygen atoms in total. The van der Waals surface area contributed by atoms with Crippen LogP contribution < -0.4 is 5.32 Å².